The number of esters is 2. The summed E-state index contributed by atoms with van der Waals surface area (Å²) in [6, 6.07) is 26.4. The topological polar surface area (TPSA) is 118 Å². The second kappa shape index (κ2) is 16.0. The van der Waals surface area contributed by atoms with Gasteiger partial charge in [0.1, 0.15) is 22.7 Å². The van der Waals surface area contributed by atoms with Crippen LogP contribution in [0.1, 0.15) is 52.7 Å². The first-order chi connectivity index (χ1) is 24.2. The molecule has 10 nitrogen and oxygen atoms in total. The van der Waals surface area contributed by atoms with E-state index in [1.165, 1.54) is 0 Å². The van der Waals surface area contributed by atoms with Crippen molar-refractivity contribution in [1.82, 2.24) is 0 Å². The molecule has 0 aliphatic rings. The molecule has 4 aromatic carbocycles. The van der Waals surface area contributed by atoms with Crippen LogP contribution >= 0.6 is 10.3 Å². The van der Waals surface area contributed by atoms with Crippen LogP contribution in [-0.4, -0.2) is 58.9 Å². The molecule has 0 spiro atoms. The van der Waals surface area contributed by atoms with Crippen molar-refractivity contribution in [2.24, 2.45) is 0 Å². The largest absolute Gasteiger partial charge is 0.482 e. The monoisotopic (exact) mass is 751 g/mol. The van der Waals surface area contributed by atoms with E-state index in [1.54, 1.807) is 109 Å². The zero-order chi connectivity index (χ0) is 38.5. The van der Waals surface area contributed by atoms with Crippen molar-refractivity contribution in [3.05, 3.63) is 102 Å². The number of carbonyl (C=O) groups excluding carboxylic acids is 2. The molecule has 4 aromatic rings. The average Bonchev–Trinajstić information content (AvgIpc) is 3.05. The Kier molecular flexibility index (Phi) is 12.4. The van der Waals surface area contributed by atoms with E-state index in [-0.39, 0.29) is 18.1 Å². The Bertz CT molecular complexity index is 1880. The smallest absolute Gasteiger partial charge is 0.344 e. The SMILES string of the molecule is Cc1ccc(C)c(S(=O)(=O)OS(c2ccc(OCC(=O)OC(C)(C)C)cc2)(c2ccc(OCC(=O)OC(C)(C)C)cc2)c2ccc(N(C)C)cc2)c1. The van der Waals surface area contributed by atoms with Crippen LogP contribution in [0.25, 0.3) is 0 Å². The highest BCUT2D eigenvalue weighted by Gasteiger charge is 2.39. The highest BCUT2D eigenvalue weighted by atomic mass is 32.3. The van der Waals surface area contributed by atoms with E-state index < -0.39 is 43.6 Å². The number of carbonyl (C=O) groups is 2. The highest BCUT2D eigenvalue weighted by molar-refractivity contribution is 8.33. The number of hydrogen-bond acceptors (Lipinski definition) is 10. The Balaban J connectivity index is 1.86. The lowest BCUT2D eigenvalue weighted by molar-refractivity contribution is -0.158. The molecule has 0 saturated carbocycles. The first-order valence-corrected chi connectivity index (χ1v) is 19.7. The average molecular weight is 752 g/mol. The number of hydrogen-bond donors (Lipinski definition) is 0. The molecule has 0 fully saturated rings. The number of aryl methyl sites for hydroxylation is 2. The molecule has 12 heteroatoms. The van der Waals surface area contributed by atoms with Gasteiger partial charge in [-0.2, -0.15) is 8.42 Å². The Labute approximate surface area is 309 Å². The van der Waals surface area contributed by atoms with Crippen molar-refractivity contribution in [3.8, 4) is 11.5 Å². The van der Waals surface area contributed by atoms with Crippen LogP contribution in [-0.2, 0) is 32.8 Å². The van der Waals surface area contributed by atoms with Gasteiger partial charge in [0.2, 0.25) is 0 Å². The number of benzene rings is 4. The van der Waals surface area contributed by atoms with Crippen LogP contribution in [0.5, 0.6) is 11.5 Å². The van der Waals surface area contributed by atoms with Crippen molar-refractivity contribution in [3.63, 3.8) is 0 Å². The molecule has 280 valence electrons. The maximum absolute atomic E-state index is 14.5. The number of nitrogens with zero attached hydrogens (tertiary/aromatic N) is 1. The normalized spacial score (nSPS) is 12.5. The number of anilines is 1. The quantitative estimate of drug-likeness (QED) is 0.123. The van der Waals surface area contributed by atoms with Gasteiger partial charge in [-0.25, -0.2) is 13.2 Å². The van der Waals surface area contributed by atoms with Gasteiger partial charge >= 0.3 is 22.1 Å². The van der Waals surface area contributed by atoms with Gasteiger partial charge in [0.05, 0.1) is 4.90 Å². The van der Waals surface area contributed by atoms with E-state index in [4.69, 9.17) is 22.6 Å². The predicted molar refractivity (Wildman–Crippen MR) is 203 cm³/mol. The third-order valence-electron chi connectivity index (χ3n) is 7.35. The van der Waals surface area contributed by atoms with Gasteiger partial charge in [-0.05, 0) is 156 Å². The molecule has 0 aromatic heterocycles. The van der Waals surface area contributed by atoms with Crippen LogP contribution in [0.3, 0.4) is 0 Å². The lowest BCUT2D eigenvalue weighted by atomic mass is 10.2. The Morgan fingerprint density at radius 1 is 0.615 bits per heavy atom. The summed E-state index contributed by atoms with van der Waals surface area (Å²) in [5.74, 6) is -0.271. The fourth-order valence-electron chi connectivity index (χ4n) is 5.09. The van der Waals surface area contributed by atoms with Crippen molar-refractivity contribution < 1.29 is 40.6 Å². The summed E-state index contributed by atoms with van der Waals surface area (Å²) in [6.45, 7) is 13.6. The van der Waals surface area contributed by atoms with Gasteiger partial charge in [-0.3, -0.25) is 0 Å². The van der Waals surface area contributed by atoms with E-state index in [1.807, 2.05) is 56.3 Å². The van der Waals surface area contributed by atoms with Crippen LogP contribution in [0.2, 0.25) is 0 Å². The summed E-state index contributed by atoms with van der Waals surface area (Å²) < 4.78 is 57.8. The minimum Gasteiger partial charge on any atom is -0.482 e. The zero-order valence-electron chi connectivity index (χ0n) is 31.5. The summed E-state index contributed by atoms with van der Waals surface area (Å²) in [4.78, 5) is 28.4. The van der Waals surface area contributed by atoms with E-state index in [2.05, 4.69) is 0 Å². The molecule has 0 amide bonds. The maximum atomic E-state index is 14.5. The van der Waals surface area contributed by atoms with Crippen molar-refractivity contribution in [2.45, 2.75) is 86.2 Å². The molecule has 0 atom stereocenters. The molecular formula is C40H49NO9S2. The maximum Gasteiger partial charge on any atom is 0.344 e. The second-order valence-electron chi connectivity index (χ2n) is 14.4. The van der Waals surface area contributed by atoms with Crippen LogP contribution in [0, 0.1) is 13.8 Å². The lowest BCUT2D eigenvalue weighted by Gasteiger charge is -2.39. The second-order valence-corrected chi connectivity index (χ2v) is 18.8. The van der Waals surface area contributed by atoms with Gasteiger partial charge < -0.3 is 23.8 Å². The minimum absolute atomic E-state index is 0.0592. The molecule has 0 radical (unpaired) electrons. The fraction of sp³-hybridized carbons (Fsp3) is 0.350. The van der Waals surface area contributed by atoms with Gasteiger partial charge in [0.15, 0.2) is 13.2 Å². The third-order valence-corrected chi connectivity index (χ3v) is 12.7. The third kappa shape index (κ3) is 10.5. The molecule has 0 bridgehead atoms. The summed E-state index contributed by atoms with van der Waals surface area (Å²) in [5, 5.41) is 0. The number of rotatable bonds is 13. The molecule has 0 aliphatic heterocycles. The van der Waals surface area contributed by atoms with Crippen molar-refractivity contribution in [2.75, 3.05) is 32.2 Å². The van der Waals surface area contributed by atoms with E-state index in [0.29, 0.717) is 31.7 Å². The van der Waals surface area contributed by atoms with E-state index in [9.17, 15) is 18.0 Å². The molecule has 0 heterocycles. The molecule has 52 heavy (non-hydrogen) atoms. The van der Waals surface area contributed by atoms with E-state index >= 15 is 0 Å². The molecule has 0 unspecified atom stereocenters. The van der Waals surface area contributed by atoms with Crippen molar-refractivity contribution in [1.29, 1.82) is 0 Å². The summed E-state index contributed by atoms with van der Waals surface area (Å²) in [5.41, 5.74) is 0.889. The van der Waals surface area contributed by atoms with Gasteiger partial charge in [0.25, 0.3) is 0 Å². The predicted octanol–water partition coefficient (Wildman–Crippen LogP) is 8.41. The fourth-order valence-corrected chi connectivity index (χ4v) is 10.6. The minimum atomic E-state index is -4.40. The highest BCUT2D eigenvalue weighted by Crippen LogP contribution is 2.70. The van der Waals surface area contributed by atoms with E-state index in [0.717, 1.165) is 11.3 Å². The summed E-state index contributed by atoms with van der Waals surface area (Å²) in [7, 11) is -3.62. The Morgan fingerprint density at radius 3 is 1.40 bits per heavy atom. The lowest BCUT2D eigenvalue weighted by Crippen LogP contribution is -2.27. The number of ether oxygens (including phenoxy) is 4. The van der Waals surface area contributed by atoms with Crippen LogP contribution < -0.4 is 14.4 Å². The van der Waals surface area contributed by atoms with Crippen LogP contribution in [0.4, 0.5) is 5.69 Å². The molecular weight excluding hydrogens is 703 g/mol. The molecule has 0 N–H and O–H groups in total. The van der Waals surface area contributed by atoms with Gasteiger partial charge in [-0.1, -0.05) is 12.1 Å². The Hall–Kier alpha value is -4.52. The molecule has 0 aliphatic carbocycles. The van der Waals surface area contributed by atoms with Crippen LogP contribution in [0.15, 0.2) is 111 Å². The summed E-state index contributed by atoms with van der Waals surface area (Å²) in [6.07, 6.45) is 0. The van der Waals surface area contributed by atoms with Crippen molar-refractivity contribution >= 4 is 38.1 Å². The zero-order valence-corrected chi connectivity index (χ0v) is 33.1. The first kappa shape index (κ1) is 40.3. The molecule has 0 saturated heterocycles. The Morgan fingerprint density at radius 2 is 1.02 bits per heavy atom. The molecule has 4 rings (SSSR count). The first-order valence-electron chi connectivity index (χ1n) is 16.7. The van der Waals surface area contributed by atoms with Gasteiger partial charge in [0, 0.05) is 34.5 Å². The van der Waals surface area contributed by atoms with Gasteiger partial charge in [-0.15, -0.1) is 0 Å². The standard InChI is InChI=1S/C40H49NO9S2/c1-28-11-12-29(2)36(25-28)52(44,45)50-51(33-19-13-30(14-20-33)41(9)10,34-21-15-31(16-22-34)46-26-37(42)48-39(3,4)5)35-23-17-32(18-24-35)47-27-38(43)49-40(6,7)8/h11-25H,26-27H2,1-10H3. The summed E-state index contributed by atoms with van der Waals surface area (Å²) >= 11 is 0.